The van der Waals surface area contributed by atoms with Crippen molar-refractivity contribution in [3.63, 3.8) is 0 Å². The lowest BCUT2D eigenvalue weighted by atomic mass is 10.2. The first-order valence-electron chi connectivity index (χ1n) is 7.13. The van der Waals surface area contributed by atoms with Crippen molar-refractivity contribution >= 4 is 17.5 Å². The van der Waals surface area contributed by atoms with E-state index in [1.807, 2.05) is 19.1 Å². The molecule has 1 aromatic carbocycles. The van der Waals surface area contributed by atoms with E-state index in [0.29, 0.717) is 31.2 Å². The molecular formula is C15H21ClN2O3. The van der Waals surface area contributed by atoms with Crippen LogP contribution < -0.4 is 15.4 Å². The predicted molar refractivity (Wildman–Crippen MR) is 81.8 cm³/mol. The molecule has 1 aliphatic heterocycles. The predicted octanol–water partition coefficient (Wildman–Crippen LogP) is 1.60. The second kappa shape index (κ2) is 8.22. The average molecular weight is 313 g/mol. The molecule has 0 aromatic heterocycles. The fraction of sp³-hybridized carbons (Fsp3) is 0.533. The van der Waals surface area contributed by atoms with Crippen molar-refractivity contribution in [1.29, 1.82) is 0 Å². The summed E-state index contributed by atoms with van der Waals surface area (Å²) in [5.41, 5.74) is 0. The van der Waals surface area contributed by atoms with E-state index in [1.165, 1.54) is 0 Å². The molecule has 6 heteroatoms. The van der Waals surface area contributed by atoms with Gasteiger partial charge < -0.3 is 20.1 Å². The Bertz CT molecular complexity index is 447. The lowest BCUT2D eigenvalue weighted by molar-refractivity contribution is -0.122. The molecule has 2 unspecified atom stereocenters. The van der Waals surface area contributed by atoms with Gasteiger partial charge in [0, 0.05) is 24.0 Å². The molecule has 1 fully saturated rings. The number of halogens is 1. The highest BCUT2D eigenvalue weighted by Gasteiger charge is 2.17. The Morgan fingerprint density at radius 3 is 2.95 bits per heavy atom. The van der Waals surface area contributed by atoms with Gasteiger partial charge in [-0.1, -0.05) is 11.6 Å². The third kappa shape index (κ3) is 5.91. The molecule has 0 bridgehead atoms. The van der Waals surface area contributed by atoms with Crippen molar-refractivity contribution in [2.45, 2.75) is 25.5 Å². The highest BCUT2D eigenvalue weighted by molar-refractivity contribution is 6.30. The SMILES string of the molecule is CC(CNC(=O)CC1COCCN1)Oc1ccc(Cl)cc1. The number of hydrogen-bond acceptors (Lipinski definition) is 4. The Labute approximate surface area is 130 Å². The largest absolute Gasteiger partial charge is 0.489 e. The van der Waals surface area contributed by atoms with E-state index in [9.17, 15) is 4.79 Å². The van der Waals surface area contributed by atoms with Crippen LogP contribution in [0.1, 0.15) is 13.3 Å². The van der Waals surface area contributed by atoms with Crippen molar-refractivity contribution in [1.82, 2.24) is 10.6 Å². The number of amides is 1. The minimum Gasteiger partial charge on any atom is -0.489 e. The average Bonchev–Trinajstić information content (AvgIpc) is 2.49. The van der Waals surface area contributed by atoms with Gasteiger partial charge in [-0.05, 0) is 31.2 Å². The van der Waals surface area contributed by atoms with Crippen molar-refractivity contribution in [2.24, 2.45) is 0 Å². The zero-order valence-electron chi connectivity index (χ0n) is 12.1. The third-order valence-corrected chi connectivity index (χ3v) is 3.42. The van der Waals surface area contributed by atoms with Gasteiger partial charge >= 0.3 is 0 Å². The van der Waals surface area contributed by atoms with Crippen LogP contribution in [0.3, 0.4) is 0 Å². The summed E-state index contributed by atoms with van der Waals surface area (Å²) < 4.78 is 11.0. The summed E-state index contributed by atoms with van der Waals surface area (Å²) in [5, 5.41) is 6.80. The third-order valence-electron chi connectivity index (χ3n) is 3.17. The minimum absolute atomic E-state index is 0.00422. The van der Waals surface area contributed by atoms with Crippen LogP contribution in [0.4, 0.5) is 0 Å². The van der Waals surface area contributed by atoms with Gasteiger partial charge in [-0.2, -0.15) is 0 Å². The molecule has 1 aliphatic rings. The Morgan fingerprint density at radius 1 is 1.52 bits per heavy atom. The summed E-state index contributed by atoms with van der Waals surface area (Å²) in [6.07, 6.45) is 0.318. The molecule has 1 amide bonds. The maximum absolute atomic E-state index is 11.8. The summed E-state index contributed by atoms with van der Waals surface area (Å²) in [7, 11) is 0. The van der Waals surface area contributed by atoms with Gasteiger partial charge in [0.1, 0.15) is 11.9 Å². The number of carbonyl (C=O) groups is 1. The normalized spacial score (nSPS) is 19.8. The number of carbonyl (C=O) groups excluding carboxylic acids is 1. The van der Waals surface area contributed by atoms with E-state index in [0.717, 1.165) is 12.3 Å². The van der Waals surface area contributed by atoms with Gasteiger partial charge in [0.25, 0.3) is 0 Å². The highest BCUT2D eigenvalue weighted by Crippen LogP contribution is 2.16. The van der Waals surface area contributed by atoms with Gasteiger partial charge in [0.05, 0.1) is 19.8 Å². The standard InChI is InChI=1S/C15H21ClN2O3/c1-11(21-14-4-2-12(16)3-5-14)9-18-15(19)8-13-10-20-7-6-17-13/h2-5,11,13,17H,6-10H2,1H3,(H,18,19). The Hall–Kier alpha value is -1.30. The fourth-order valence-electron chi connectivity index (χ4n) is 2.09. The summed E-state index contributed by atoms with van der Waals surface area (Å²) in [4.78, 5) is 11.8. The van der Waals surface area contributed by atoms with Crippen LogP contribution in [-0.2, 0) is 9.53 Å². The Kier molecular flexibility index (Phi) is 6.29. The van der Waals surface area contributed by atoms with Crippen molar-refractivity contribution in [2.75, 3.05) is 26.3 Å². The zero-order valence-corrected chi connectivity index (χ0v) is 12.9. The van der Waals surface area contributed by atoms with Gasteiger partial charge in [-0.15, -0.1) is 0 Å². The van der Waals surface area contributed by atoms with Crippen LogP contribution in [0.25, 0.3) is 0 Å². The molecule has 1 heterocycles. The maximum atomic E-state index is 11.8. The van der Waals surface area contributed by atoms with Gasteiger partial charge in [-0.3, -0.25) is 4.79 Å². The number of benzene rings is 1. The first kappa shape index (κ1) is 16.1. The van der Waals surface area contributed by atoms with Crippen LogP contribution in [-0.4, -0.2) is 44.4 Å². The summed E-state index contributed by atoms with van der Waals surface area (Å²) >= 11 is 5.81. The lowest BCUT2D eigenvalue weighted by Crippen LogP contribution is -2.45. The van der Waals surface area contributed by atoms with Crippen LogP contribution in [0.15, 0.2) is 24.3 Å². The van der Waals surface area contributed by atoms with E-state index in [4.69, 9.17) is 21.1 Å². The quantitative estimate of drug-likeness (QED) is 0.838. The summed E-state index contributed by atoms with van der Waals surface area (Å²) in [5.74, 6) is 0.744. The van der Waals surface area contributed by atoms with Crippen molar-refractivity contribution in [3.8, 4) is 5.75 Å². The van der Waals surface area contributed by atoms with Crippen molar-refractivity contribution in [3.05, 3.63) is 29.3 Å². The highest BCUT2D eigenvalue weighted by atomic mass is 35.5. The molecule has 1 saturated heterocycles. The maximum Gasteiger partial charge on any atom is 0.221 e. The molecule has 21 heavy (non-hydrogen) atoms. The number of morpholine rings is 1. The molecule has 0 radical (unpaired) electrons. The Morgan fingerprint density at radius 2 is 2.29 bits per heavy atom. The lowest BCUT2D eigenvalue weighted by Gasteiger charge is -2.23. The topological polar surface area (TPSA) is 59.6 Å². The summed E-state index contributed by atoms with van der Waals surface area (Å²) in [6.45, 7) is 4.48. The molecule has 2 N–H and O–H groups in total. The van der Waals surface area contributed by atoms with Crippen LogP contribution in [0, 0.1) is 0 Å². The molecule has 0 spiro atoms. The van der Waals surface area contributed by atoms with E-state index in [2.05, 4.69) is 10.6 Å². The van der Waals surface area contributed by atoms with E-state index in [1.54, 1.807) is 12.1 Å². The molecule has 2 rings (SSSR count). The van der Waals surface area contributed by atoms with Crippen LogP contribution >= 0.6 is 11.6 Å². The monoisotopic (exact) mass is 312 g/mol. The molecule has 5 nitrogen and oxygen atoms in total. The van der Waals surface area contributed by atoms with Gasteiger partial charge in [0.2, 0.25) is 5.91 Å². The first-order valence-corrected chi connectivity index (χ1v) is 7.51. The number of hydrogen-bond donors (Lipinski definition) is 2. The molecule has 0 saturated carbocycles. The van der Waals surface area contributed by atoms with Crippen LogP contribution in [0.2, 0.25) is 5.02 Å². The second-order valence-corrected chi connectivity index (χ2v) is 5.55. The Balaban J connectivity index is 1.66. The fourth-order valence-corrected chi connectivity index (χ4v) is 2.22. The van der Waals surface area contributed by atoms with E-state index < -0.39 is 0 Å². The van der Waals surface area contributed by atoms with Gasteiger partial charge in [0.15, 0.2) is 0 Å². The van der Waals surface area contributed by atoms with E-state index in [-0.39, 0.29) is 18.1 Å². The number of nitrogens with one attached hydrogen (secondary N) is 2. The van der Waals surface area contributed by atoms with Gasteiger partial charge in [-0.25, -0.2) is 0 Å². The molecule has 116 valence electrons. The molecule has 0 aliphatic carbocycles. The second-order valence-electron chi connectivity index (χ2n) is 5.12. The molecule has 1 aromatic rings. The zero-order chi connectivity index (χ0) is 15.1. The number of rotatable bonds is 6. The van der Waals surface area contributed by atoms with E-state index >= 15 is 0 Å². The minimum atomic E-state index is -0.106. The first-order chi connectivity index (χ1) is 10.1. The summed E-state index contributed by atoms with van der Waals surface area (Å²) in [6, 6.07) is 7.27. The molecule has 2 atom stereocenters. The molecular weight excluding hydrogens is 292 g/mol. The smallest absolute Gasteiger partial charge is 0.221 e. The van der Waals surface area contributed by atoms with Crippen LogP contribution in [0.5, 0.6) is 5.75 Å². The van der Waals surface area contributed by atoms with Crippen molar-refractivity contribution < 1.29 is 14.3 Å². The number of ether oxygens (including phenoxy) is 2.